The first-order valence-corrected chi connectivity index (χ1v) is 8.07. The van der Waals surface area contributed by atoms with E-state index in [1.807, 2.05) is 51.1 Å². The number of rotatable bonds is 2. The quantitative estimate of drug-likeness (QED) is 0.612. The average Bonchev–Trinajstić information content (AvgIpc) is 2.51. The molecule has 0 spiro atoms. The van der Waals surface area contributed by atoms with Gasteiger partial charge in [0.15, 0.2) is 0 Å². The first-order valence-electron chi connectivity index (χ1n) is 8.07. The minimum atomic E-state index is -0.580. The summed E-state index contributed by atoms with van der Waals surface area (Å²) in [5, 5.41) is 3.99. The highest BCUT2D eigenvalue weighted by atomic mass is 16.7. The van der Waals surface area contributed by atoms with Crippen LogP contribution in [-0.4, -0.2) is 34.8 Å². The second-order valence-electron chi connectivity index (χ2n) is 6.76. The molecule has 1 aromatic rings. The number of oxime groups is 1. The smallest absolute Gasteiger partial charge is 0.411 e. The zero-order valence-electron chi connectivity index (χ0n) is 14.6. The third kappa shape index (κ3) is 4.81. The highest BCUT2D eigenvalue weighted by molar-refractivity contribution is 5.94. The zero-order valence-corrected chi connectivity index (χ0v) is 14.6. The monoisotopic (exact) mass is 332 g/mol. The van der Waals surface area contributed by atoms with Gasteiger partial charge in [0.2, 0.25) is 0 Å². The number of piperidine rings is 1. The maximum absolute atomic E-state index is 12.6. The number of hydrogen-bond donors (Lipinski definition) is 0. The molecule has 1 amide bonds. The van der Waals surface area contributed by atoms with Crippen LogP contribution in [-0.2, 0) is 14.4 Å². The third-order valence-electron chi connectivity index (χ3n) is 3.49. The van der Waals surface area contributed by atoms with Crippen LogP contribution in [0.3, 0.4) is 0 Å². The Morgan fingerprint density at radius 2 is 1.88 bits per heavy atom. The Morgan fingerprint density at radius 3 is 2.46 bits per heavy atom. The fourth-order valence-electron chi connectivity index (χ4n) is 2.62. The number of carbonyl (C=O) groups excluding carboxylic acids is 2. The lowest BCUT2D eigenvalue weighted by Gasteiger charge is -2.37. The zero-order chi connectivity index (χ0) is 17.7. The first kappa shape index (κ1) is 18.0. The van der Waals surface area contributed by atoms with E-state index in [0.717, 1.165) is 12.0 Å². The molecule has 6 nitrogen and oxygen atoms in total. The molecular formula is C18H24N2O4. The van der Waals surface area contributed by atoms with Gasteiger partial charge in [-0.3, -0.25) is 4.90 Å². The molecule has 0 saturated carbocycles. The van der Waals surface area contributed by atoms with Gasteiger partial charge in [0, 0.05) is 13.5 Å². The molecule has 1 heterocycles. The van der Waals surface area contributed by atoms with Crippen molar-refractivity contribution in [2.24, 2.45) is 5.16 Å². The summed E-state index contributed by atoms with van der Waals surface area (Å²) in [7, 11) is 0. The second-order valence-corrected chi connectivity index (χ2v) is 6.76. The lowest BCUT2D eigenvalue weighted by atomic mass is 9.93. The van der Waals surface area contributed by atoms with Gasteiger partial charge >= 0.3 is 12.1 Å². The summed E-state index contributed by atoms with van der Waals surface area (Å²) >= 11 is 0. The molecule has 0 aliphatic carbocycles. The van der Waals surface area contributed by atoms with Crippen molar-refractivity contribution in [2.75, 3.05) is 6.54 Å². The van der Waals surface area contributed by atoms with Crippen LogP contribution < -0.4 is 0 Å². The van der Waals surface area contributed by atoms with Crippen molar-refractivity contribution in [3.05, 3.63) is 35.9 Å². The van der Waals surface area contributed by atoms with Crippen molar-refractivity contribution in [1.29, 1.82) is 0 Å². The molecule has 0 bridgehead atoms. The first-order chi connectivity index (χ1) is 11.3. The molecule has 0 aromatic heterocycles. The minimum Gasteiger partial charge on any atom is -0.444 e. The third-order valence-corrected chi connectivity index (χ3v) is 3.49. The van der Waals surface area contributed by atoms with Gasteiger partial charge in [-0.15, -0.1) is 0 Å². The van der Waals surface area contributed by atoms with Crippen molar-refractivity contribution in [1.82, 2.24) is 4.90 Å². The maximum Gasteiger partial charge on any atom is 0.411 e. The van der Waals surface area contributed by atoms with E-state index < -0.39 is 23.7 Å². The van der Waals surface area contributed by atoms with Gasteiger partial charge < -0.3 is 9.57 Å². The fraction of sp³-hybridized carbons (Fsp3) is 0.500. The van der Waals surface area contributed by atoms with E-state index in [9.17, 15) is 9.59 Å². The van der Waals surface area contributed by atoms with Crippen LogP contribution in [0.25, 0.3) is 0 Å². The van der Waals surface area contributed by atoms with E-state index in [-0.39, 0.29) is 0 Å². The van der Waals surface area contributed by atoms with E-state index >= 15 is 0 Å². The number of ether oxygens (including phenoxy) is 1. The van der Waals surface area contributed by atoms with E-state index in [0.29, 0.717) is 18.7 Å². The van der Waals surface area contributed by atoms with Crippen molar-refractivity contribution < 1.29 is 19.2 Å². The molecule has 2 rings (SSSR count). The molecule has 6 heteroatoms. The van der Waals surface area contributed by atoms with Gasteiger partial charge in [-0.05, 0) is 39.2 Å². The molecular weight excluding hydrogens is 308 g/mol. The van der Waals surface area contributed by atoms with E-state index in [4.69, 9.17) is 9.57 Å². The molecule has 1 aliphatic heterocycles. The molecule has 1 atom stereocenters. The SMILES string of the molecule is CC(=O)O/N=C1\CCCN(C(=O)OC(C)(C)C)[C@H]1c1ccccc1. The number of nitrogens with zero attached hydrogens (tertiary/aromatic N) is 2. The van der Waals surface area contributed by atoms with Gasteiger partial charge in [-0.25, -0.2) is 9.59 Å². The Labute approximate surface area is 142 Å². The van der Waals surface area contributed by atoms with Gasteiger partial charge in [-0.2, -0.15) is 0 Å². The van der Waals surface area contributed by atoms with Gasteiger partial charge in [-0.1, -0.05) is 35.5 Å². The van der Waals surface area contributed by atoms with Crippen molar-refractivity contribution in [2.45, 2.75) is 52.2 Å². The topological polar surface area (TPSA) is 68.2 Å². The molecule has 1 aromatic carbocycles. The lowest BCUT2D eigenvalue weighted by molar-refractivity contribution is -0.141. The molecule has 0 radical (unpaired) electrons. The van der Waals surface area contributed by atoms with E-state index in [2.05, 4.69) is 5.16 Å². The molecule has 130 valence electrons. The summed E-state index contributed by atoms with van der Waals surface area (Å²) in [5.41, 5.74) is 0.977. The van der Waals surface area contributed by atoms with E-state index in [1.54, 1.807) is 4.90 Å². The summed E-state index contributed by atoms with van der Waals surface area (Å²) < 4.78 is 5.53. The predicted octanol–water partition coefficient (Wildman–Crippen LogP) is 3.68. The van der Waals surface area contributed by atoms with Crippen LogP contribution >= 0.6 is 0 Å². The maximum atomic E-state index is 12.6. The molecule has 0 unspecified atom stereocenters. The van der Waals surface area contributed by atoms with Gasteiger partial charge in [0.05, 0.1) is 5.71 Å². The number of benzene rings is 1. The van der Waals surface area contributed by atoms with Crippen molar-refractivity contribution in [3.8, 4) is 0 Å². The van der Waals surface area contributed by atoms with Crippen LogP contribution in [0, 0.1) is 0 Å². The lowest BCUT2D eigenvalue weighted by Crippen LogP contribution is -2.45. The Kier molecular flexibility index (Phi) is 5.59. The minimum absolute atomic E-state index is 0.394. The summed E-state index contributed by atoms with van der Waals surface area (Å²) in [6, 6.07) is 9.18. The summed E-state index contributed by atoms with van der Waals surface area (Å²) in [4.78, 5) is 30.2. The fourth-order valence-corrected chi connectivity index (χ4v) is 2.62. The molecule has 1 aliphatic rings. The van der Waals surface area contributed by atoms with Crippen LogP contribution in [0.4, 0.5) is 4.79 Å². The van der Waals surface area contributed by atoms with E-state index in [1.165, 1.54) is 6.92 Å². The summed E-state index contributed by atoms with van der Waals surface area (Å²) in [6.45, 7) is 7.37. The Morgan fingerprint density at radius 1 is 1.21 bits per heavy atom. The molecule has 1 saturated heterocycles. The second kappa shape index (κ2) is 7.47. The molecule has 1 fully saturated rings. The van der Waals surface area contributed by atoms with Crippen molar-refractivity contribution in [3.63, 3.8) is 0 Å². The number of likely N-dealkylation sites (tertiary alicyclic amines) is 1. The Balaban J connectivity index is 2.35. The predicted molar refractivity (Wildman–Crippen MR) is 90.6 cm³/mol. The van der Waals surface area contributed by atoms with Crippen LogP contribution in [0.5, 0.6) is 0 Å². The van der Waals surface area contributed by atoms with Crippen LogP contribution in [0.2, 0.25) is 0 Å². The normalized spacial score (nSPS) is 19.9. The average molecular weight is 332 g/mol. The number of carbonyl (C=O) groups is 2. The number of amides is 1. The number of hydrogen-bond acceptors (Lipinski definition) is 5. The largest absolute Gasteiger partial charge is 0.444 e. The molecule has 0 N–H and O–H groups in total. The summed E-state index contributed by atoms with van der Waals surface area (Å²) in [5.74, 6) is -0.483. The standard InChI is InChI=1S/C18H24N2O4/c1-13(21)24-19-15-11-8-12-20(17(22)23-18(2,3)4)16(15)14-9-6-5-7-10-14/h5-7,9-10,16H,8,11-12H2,1-4H3/b19-15+/t16-/m0/s1. The highest BCUT2D eigenvalue weighted by Gasteiger charge is 2.35. The van der Waals surface area contributed by atoms with Crippen LogP contribution in [0.1, 0.15) is 52.1 Å². The van der Waals surface area contributed by atoms with Gasteiger partial charge in [0.1, 0.15) is 11.6 Å². The van der Waals surface area contributed by atoms with Gasteiger partial charge in [0.25, 0.3) is 0 Å². The van der Waals surface area contributed by atoms with Crippen LogP contribution in [0.15, 0.2) is 35.5 Å². The summed E-state index contributed by atoms with van der Waals surface area (Å²) in [6.07, 6.45) is 1.00. The highest BCUT2D eigenvalue weighted by Crippen LogP contribution is 2.30. The Bertz CT molecular complexity index is 620. The van der Waals surface area contributed by atoms with Crippen molar-refractivity contribution >= 4 is 17.8 Å². The Hall–Kier alpha value is -2.37. The molecule has 24 heavy (non-hydrogen) atoms.